The number of nitrogens with one attached hydrogen (secondary N) is 1. The highest BCUT2D eigenvalue weighted by Crippen LogP contribution is 2.29. The molecule has 0 bridgehead atoms. The number of methoxy groups -OCH3 is 1. The van der Waals surface area contributed by atoms with Crippen LogP contribution in [0.1, 0.15) is 34.5 Å². The summed E-state index contributed by atoms with van der Waals surface area (Å²) in [4.78, 5) is 0. The summed E-state index contributed by atoms with van der Waals surface area (Å²) in [6, 6.07) is 24.2. The van der Waals surface area contributed by atoms with Crippen LogP contribution in [0.3, 0.4) is 0 Å². The highest BCUT2D eigenvalue weighted by atomic mass is 16.5. The summed E-state index contributed by atoms with van der Waals surface area (Å²) in [7, 11) is 1.67. The molecule has 1 aliphatic heterocycles. The number of phenols is 1. The van der Waals surface area contributed by atoms with E-state index in [0.29, 0.717) is 5.75 Å². The van der Waals surface area contributed by atoms with Crippen LogP contribution in [-0.4, -0.2) is 12.2 Å². The second-order valence-electron chi connectivity index (χ2n) is 7.12. The van der Waals surface area contributed by atoms with E-state index in [9.17, 15) is 5.11 Å². The molecule has 28 heavy (non-hydrogen) atoms. The summed E-state index contributed by atoms with van der Waals surface area (Å²) >= 11 is 0. The van der Waals surface area contributed by atoms with Crippen molar-refractivity contribution in [3.8, 4) is 11.5 Å². The van der Waals surface area contributed by atoms with Gasteiger partial charge in [-0.3, -0.25) is 0 Å². The average molecular weight is 373 g/mol. The van der Waals surface area contributed by atoms with Crippen LogP contribution in [0.2, 0.25) is 0 Å². The Hall–Kier alpha value is -3.24. The second-order valence-corrected chi connectivity index (χ2v) is 7.12. The molecule has 0 saturated heterocycles. The van der Waals surface area contributed by atoms with Crippen LogP contribution in [0.5, 0.6) is 11.5 Å². The van der Waals surface area contributed by atoms with Crippen LogP contribution in [0.4, 0.5) is 0 Å². The van der Waals surface area contributed by atoms with E-state index in [4.69, 9.17) is 4.74 Å². The van der Waals surface area contributed by atoms with E-state index >= 15 is 0 Å². The van der Waals surface area contributed by atoms with E-state index in [-0.39, 0.29) is 12.2 Å². The maximum Gasteiger partial charge on any atom is 0.186 e. The minimum atomic E-state index is 0.00542. The number of ether oxygens (including phenoxy) is 1. The number of aryl methyl sites for hydroxylation is 1. The monoisotopic (exact) mass is 373 g/mol. The van der Waals surface area contributed by atoms with Gasteiger partial charge in [0.1, 0.15) is 17.5 Å². The molecule has 4 N–H and O–H groups in total. The fourth-order valence-corrected chi connectivity index (χ4v) is 3.59. The Kier molecular flexibility index (Phi) is 5.04. The lowest BCUT2D eigenvalue weighted by Gasteiger charge is -2.30. The predicted octanol–water partition coefficient (Wildman–Crippen LogP) is 3.66. The summed E-state index contributed by atoms with van der Waals surface area (Å²) in [5.41, 5.74) is 5.48. The summed E-state index contributed by atoms with van der Waals surface area (Å²) < 4.78 is 5.29. The molecule has 142 valence electrons. The van der Waals surface area contributed by atoms with Crippen molar-refractivity contribution in [2.45, 2.75) is 19.1 Å². The van der Waals surface area contributed by atoms with Gasteiger partial charge in [-0.15, -0.1) is 0 Å². The zero-order valence-corrected chi connectivity index (χ0v) is 16.1. The van der Waals surface area contributed by atoms with E-state index in [1.165, 1.54) is 11.1 Å². The van der Waals surface area contributed by atoms with Gasteiger partial charge in [-0.25, -0.2) is 0 Å². The van der Waals surface area contributed by atoms with Gasteiger partial charge < -0.3 is 20.5 Å². The number of hydrogen-bond donors (Lipinski definition) is 3. The number of phenolic OH excluding ortho intramolecular Hbond substituents is 1. The van der Waals surface area contributed by atoms with E-state index in [2.05, 4.69) is 60.0 Å². The molecule has 4 nitrogen and oxygen atoms in total. The van der Waals surface area contributed by atoms with Crippen molar-refractivity contribution in [2.75, 3.05) is 7.11 Å². The molecule has 2 unspecified atom stereocenters. The molecule has 0 spiro atoms. The Morgan fingerprint density at radius 1 is 0.929 bits per heavy atom. The molecule has 0 aromatic heterocycles. The summed E-state index contributed by atoms with van der Waals surface area (Å²) in [6.45, 7) is 2.09. The smallest absolute Gasteiger partial charge is 0.186 e. The zero-order valence-electron chi connectivity index (χ0n) is 16.1. The number of rotatable bonds is 4. The van der Waals surface area contributed by atoms with Crippen molar-refractivity contribution in [1.29, 1.82) is 0 Å². The lowest BCUT2D eigenvalue weighted by molar-refractivity contribution is -0.731. The molecule has 0 fully saturated rings. The molecule has 1 heterocycles. The predicted molar refractivity (Wildman–Crippen MR) is 111 cm³/mol. The lowest BCUT2D eigenvalue weighted by atomic mass is 9.97. The van der Waals surface area contributed by atoms with Crippen LogP contribution < -0.4 is 15.4 Å². The minimum absolute atomic E-state index is 0.00542. The van der Waals surface area contributed by atoms with E-state index < -0.39 is 0 Å². The van der Waals surface area contributed by atoms with Gasteiger partial charge in [-0.05, 0) is 48.9 Å². The van der Waals surface area contributed by atoms with Gasteiger partial charge in [0.05, 0.1) is 12.7 Å². The molecule has 3 aromatic carbocycles. The highest BCUT2D eigenvalue weighted by Gasteiger charge is 2.29. The second kappa shape index (κ2) is 7.79. The van der Waals surface area contributed by atoms with Crippen LogP contribution in [0.15, 0.2) is 78.9 Å². The van der Waals surface area contributed by atoms with Gasteiger partial charge in [-0.2, -0.15) is 0 Å². The largest absolute Gasteiger partial charge is 0.507 e. The fourth-order valence-electron chi connectivity index (χ4n) is 3.59. The third kappa shape index (κ3) is 3.73. The van der Waals surface area contributed by atoms with Gasteiger partial charge in [0.25, 0.3) is 0 Å². The molecule has 3 aromatic rings. The maximum atomic E-state index is 10.4. The summed E-state index contributed by atoms with van der Waals surface area (Å²) in [6.07, 6.45) is 2.22. The van der Waals surface area contributed by atoms with Crippen LogP contribution >= 0.6 is 0 Å². The minimum Gasteiger partial charge on any atom is -0.507 e. The Labute approximate surface area is 165 Å². The first-order valence-electron chi connectivity index (χ1n) is 9.46. The van der Waals surface area contributed by atoms with E-state index in [1.807, 2.05) is 30.3 Å². The quantitative estimate of drug-likeness (QED) is 0.654. The normalized spacial score (nSPS) is 18.9. The Bertz CT molecular complexity index is 978. The number of quaternary nitrogens is 1. The molecule has 2 atom stereocenters. The van der Waals surface area contributed by atoms with Crippen LogP contribution in [-0.2, 0) is 0 Å². The molecule has 4 rings (SSSR count). The van der Waals surface area contributed by atoms with Crippen molar-refractivity contribution < 1.29 is 15.2 Å². The van der Waals surface area contributed by atoms with Crippen molar-refractivity contribution in [3.05, 3.63) is 101 Å². The summed E-state index contributed by atoms with van der Waals surface area (Å²) in [5.74, 6) is 1.15. The Balaban J connectivity index is 1.73. The molecule has 1 aliphatic rings. The van der Waals surface area contributed by atoms with Gasteiger partial charge in [0.2, 0.25) is 0 Å². The summed E-state index contributed by atoms with van der Waals surface area (Å²) in [5, 5.41) is 16.3. The first-order valence-corrected chi connectivity index (χ1v) is 9.46. The third-order valence-electron chi connectivity index (χ3n) is 5.19. The van der Waals surface area contributed by atoms with Gasteiger partial charge in [-0.1, -0.05) is 42.0 Å². The first-order chi connectivity index (χ1) is 13.6. The molecule has 0 aliphatic carbocycles. The van der Waals surface area contributed by atoms with Gasteiger partial charge in [0.15, 0.2) is 6.17 Å². The zero-order chi connectivity index (χ0) is 19.5. The lowest BCUT2D eigenvalue weighted by Crippen LogP contribution is -2.89. The van der Waals surface area contributed by atoms with E-state index in [1.54, 1.807) is 13.2 Å². The number of benzene rings is 3. The van der Waals surface area contributed by atoms with E-state index in [0.717, 1.165) is 22.6 Å². The maximum absolute atomic E-state index is 10.4. The Morgan fingerprint density at radius 2 is 1.64 bits per heavy atom. The average Bonchev–Trinajstić information content (AvgIpc) is 2.74. The highest BCUT2D eigenvalue weighted by molar-refractivity contribution is 5.66. The molecule has 0 amide bonds. The fraction of sp³-hybridized carbons (Fsp3) is 0.167. The van der Waals surface area contributed by atoms with Gasteiger partial charge >= 0.3 is 0 Å². The number of aromatic hydroxyl groups is 1. The topological polar surface area (TPSA) is 58.1 Å². The molecular weight excluding hydrogens is 348 g/mol. The number of para-hydroxylation sites is 1. The Morgan fingerprint density at radius 3 is 2.32 bits per heavy atom. The molecule has 0 saturated carbocycles. The van der Waals surface area contributed by atoms with Gasteiger partial charge in [0, 0.05) is 17.3 Å². The number of nitrogens with two attached hydrogens (primary N) is 1. The van der Waals surface area contributed by atoms with Crippen molar-refractivity contribution in [2.24, 2.45) is 0 Å². The first kappa shape index (κ1) is 18.1. The molecular formula is C24H25N2O2+. The molecule has 0 radical (unpaired) electrons. The molecule has 4 heteroatoms. The third-order valence-corrected chi connectivity index (χ3v) is 5.19. The van der Waals surface area contributed by atoms with Crippen LogP contribution in [0.25, 0.3) is 5.70 Å². The van der Waals surface area contributed by atoms with Crippen molar-refractivity contribution in [1.82, 2.24) is 5.32 Å². The standard InChI is InChI=1S/C24H24N2O2/c1-16-7-9-18(10-8-16)24-25-21(17-11-13-19(28-2)14-12-17)15-22(26-24)20-5-3-4-6-23(20)27/h3-15,22,24-27H,1-2H3/p+1. The SMILES string of the molecule is COc1ccc(C2=CC(c3ccccc3O)[NH2+]C(c3ccc(C)cc3)N2)cc1. The number of hydrogen-bond acceptors (Lipinski definition) is 3. The van der Waals surface area contributed by atoms with Crippen LogP contribution in [0, 0.1) is 6.92 Å². The van der Waals surface area contributed by atoms with Crippen molar-refractivity contribution >= 4 is 5.70 Å². The van der Waals surface area contributed by atoms with Crippen molar-refractivity contribution in [3.63, 3.8) is 0 Å².